The summed E-state index contributed by atoms with van der Waals surface area (Å²) in [6.45, 7) is 0. The van der Waals surface area contributed by atoms with Crippen molar-refractivity contribution in [2.45, 2.75) is 12.5 Å². The largest absolute Gasteiger partial charge is 0.497 e. The molecule has 1 heterocycles. The minimum Gasteiger partial charge on any atom is -0.497 e. The number of nitrogens with one attached hydrogen (secondary N) is 2. The lowest BCUT2D eigenvalue weighted by Gasteiger charge is -2.19. The number of anilines is 1. The summed E-state index contributed by atoms with van der Waals surface area (Å²) in [5, 5.41) is 15.4. The molecule has 10 heteroatoms. The van der Waals surface area contributed by atoms with E-state index in [1.807, 2.05) is 42.5 Å². The molecule has 0 spiro atoms. The number of carbonyl (C=O) groups excluding carboxylic acids is 2. The van der Waals surface area contributed by atoms with Gasteiger partial charge in [-0.1, -0.05) is 65.4 Å². The Balaban J connectivity index is 1.54. The van der Waals surface area contributed by atoms with Gasteiger partial charge in [0.2, 0.25) is 11.0 Å². The third kappa shape index (κ3) is 6.18. The molecule has 184 valence electrons. The van der Waals surface area contributed by atoms with Crippen LogP contribution in [-0.4, -0.2) is 42.3 Å². The number of methoxy groups -OCH3 is 2. The Kier molecular flexibility index (Phi) is 8.14. The molecule has 1 atom stereocenters. The molecule has 3 aromatic carbocycles. The highest BCUT2D eigenvalue weighted by molar-refractivity contribution is 7.18. The first-order valence-electron chi connectivity index (χ1n) is 10.9. The van der Waals surface area contributed by atoms with Gasteiger partial charge in [0.1, 0.15) is 22.5 Å². The molecule has 2 amide bonds. The highest BCUT2D eigenvalue weighted by atomic mass is 35.5. The standard InChI is InChI=1S/C26H23ClN4O4S/c1-34-19-12-13-20(22(15-19)35-2)23(32)28-21(14-16-6-4-3-5-7-16)24(33)29-26-31-30-25(36-26)17-8-10-18(27)11-9-17/h3-13,15,21H,14H2,1-2H3,(H,28,32)(H,29,31,33). The van der Waals surface area contributed by atoms with Crippen molar-refractivity contribution in [3.63, 3.8) is 0 Å². The zero-order valence-electron chi connectivity index (χ0n) is 19.5. The molecule has 1 aromatic heterocycles. The highest BCUT2D eigenvalue weighted by Crippen LogP contribution is 2.28. The second-order valence-corrected chi connectivity index (χ2v) is 9.10. The van der Waals surface area contributed by atoms with Crippen LogP contribution in [-0.2, 0) is 11.2 Å². The van der Waals surface area contributed by atoms with E-state index < -0.39 is 17.9 Å². The first-order valence-corrected chi connectivity index (χ1v) is 12.1. The quantitative estimate of drug-likeness (QED) is 0.325. The number of hydrogen-bond donors (Lipinski definition) is 2. The van der Waals surface area contributed by atoms with Crippen LogP contribution >= 0.6 is 22.9 Å². The van der Waals surface area contributed by atoms with Gasteiger partial charge in [-0.15, -0.1) is 10.2 Å². The number of benzene rings is 3. The Labute approximate surface area is 217 Å². The third-order valence-electron chi connectivity index (χ3n) is 5.30. The minimum atomic E-state index is -0.880. The van der Waals surface area contributed by atoms with Crippen LogP contribution in [0.25, 0.3) is 10.6 Å². The number of ether oxygens (including phenoxy) is 2. The van der Waals surface area contributed by atoms with Gasteiger partial charge in [0.15, 0.2) is 0 Å². The Bertz CT molecular complexity index is 1350. The fourth-order valence-electron chi connectivity index (χ4n) is 3.46. The van der Waals surface area contributed by atoms with E-state index in [0.29, 0.717) is 26.7 Å². The SMILES string of the molecule is COc1ccc(C(=O)NC(Cc2ccccc2)C(=O)Nc2nnc(-c3ccc(Cl)cc3)s2)c(OC)c1. The fraction of sp³-hybridized carbons (Fsp3) is 0.154. The molecule has 36 heavy (non-hydrogen) atoms. The first kappa shape index (κ1) is 25.2. The van der Waals surface area contributed by atoms with Crippen molar-refractivity contribution < 1.29 is 19.1 Å². The number of amides is 2. The van der Waals surface area contributed by atoms with E-state index in [1.54, 1.807) is 30.3 Å². The van der Waals surface area contributed by atoms with Crippen molar-refractivity contribution in [3.8, 4) is 22.1 Å². The topological polar surface area (TPSA) is 102 Å². The van der Waals surface area contributed by atoms with Crippen molar-refractivity contribution in [2.75, 3.05) is 19.5 Å². The maximum Gasteiger partial charge on any atom is 0.255 e. The molecule has 1 unspecified atom stereocenters. The van der Waals surface area contributed by atoms with Crippen molar-refractivity contribution >= 4 is 39.9 Å². The monoisotopic (exact) mass is 522 g/mol. The molecule has 2 N–H and O–H groups in total. The summed E-state index contributed by atoms with van der Waals surface area (Å²) in [5.41, 5.74) is 2.00. The van der Waals surface area contributed by atoms with Crippen molar-refractivity contribution in [3.05, 3.63) is 88.9 Å². The Morgan fingerprint density at radius 3 is 2.42 bits per heavy atom. The van der Waals surface area contributed by atoms with Crippen LogP contribution in [0.15, 0.2) is 72.8 Å². The Hall–Kier alpha value is -3.95. The molecule has 0 saturated carbocycles. The third-order valence-corrected chi connectivity index (χ3v) is 6.44. The second kappa shape index (κ2) is 11.7. The van der Waals surface area contributed by atoms with Crippen LogP contribution in [0.3, 0.4) is 0 Å². The summed E-state index contributed by atoms with van der Waals surface area (Å²) < 4.78 is 10.6. The summed E-state index contributed by atoms with van der Waals surface area (Å²) in [6, 6.07) is 20.6. The van der Waals surface area contributed by atoms with Crippen LogP contribution in [0, 0.1) is 0 Å². The molecule has 0 aliphatic carbocycles. The maximum absolute atomic E-state index is 13.3. The number of aromatic nitrogens is 2. The number of rotatable bonds is 9. The van der Waals surface area contributed by atoms with E-state index in [2.05, 4.69) is 20.8 Å². The Morgan fingerprint density at radius 1 is 0.972 bits per heavy atom. The lowest BCUT2D eigenvalue weighted by Crippen LogP contribution is -2.45. The van der Waals surface area contributed by atoms with Gasteiger partial charge in [0.25, 0.3) is 5.91 Å². The zero-order valence-corrected chi connectivity index (χ0v) is 21.1. The average molecular weight is 523 g/mol. The molecule has 8 nitrogen and oxygen atoms in total. The molecule has 0 radical (unpaired) electrons. The molecule has 0 saturated heterocycles. The van der Waals surface area contributed by atoms with Gasteiger partial charge in [-0.2, -0.15) is 0 Å². The fourth-order valence-corrected chi connectivity index (χ4v) is 4.33. The van der Waals surface area contributed by atoms with Crippen LogP contribution < -0.4 is 20.1 Å². The van der Waals surface area contributed by atoms with Gasteiger partial charge in [0, 0.05) is 23.1 Å². The van der Waals surface area contributed by atoms with Gasteiger partial charge in [0.05, 0.1) is 19.8 Å². The smallest absolute Gasteiger partial charge is 0.255 e. The van der Waals surface area contributed by atoms with Gasteiger partial charge in [-0.05, 0) is 29.8 Å². The molecular weight excluding hydrogens is 500 g/mol. The molecule has 0 aliphatic heterocycles. The van der Waals surface area contributed by atoms with E-state index in [9.17, 15) is 9.59 Å². The predicted octanol–water partition coefficient (Wildman–Crippen LogP) is 4.86. The van der Waals surface area contributed by atoms with E-state index in [-0.39, 0.29) is 12.0 Å². The van der Waals surface area contributed by atoms with Crippen LogP contribution in [0.2, 0.25) is 5.02 Å². The number of carbonyl (C=O) groups is 2. The van der Waals surface area contributed by atoms with Gasteiger partial charge in [-0.25, -0.2) is 0 Å². The predicted molar refractivity (Wildman–Crippen MR) is 140 cm³/mol. The summed E-state index contributed by atoms with van der Waals surface area (Å²) >= 11 is 7.18. The number of halogens is 1. The summed E-state index contributed by atoms with van der Waals surface area (Å²) in [6.07, 6.45) is 0.278. The van der Waals surface area contributed by atoms with E-state index in [0.717, 1.165) is 11.1 Å². The molecule has 4 rings (SSSR count). The minimum absolute atomic E-state index is 0.278. The van der Waals surface area contributed by atoms with Gasteiger partial charge >= 0.3 is 0 Å². The summed E-state index contributed by atoms with van der Waals surface area (Å²) in [7, 11) is 2.99. The average Bonchev–Trinajstić information content (AvgIpc) is 3.37. The molecule has 0 bridgehead atoms. The highest BCUT2D eigenvalue weighted by Gasteiger charge is 2.25. The molecule has 0 aliphatic rings. The van der Waals surface area contributed by atoms with Crippen molar-refractivity contribution in [2.24, 2.45) is 0 Å². The normalized spacial score (nSPS) is 11.4. The lowest BCUT2D eigenvalue weighted by molar-refractivity contribution is -0.118. The van der Waals surface area contributed by atoms with Gasteiger partial charge in [-0.3, -0.25) is 14.9 Å². The number of nitrogens with zero attached hydrogens (tertiary/aromatic N) is 2. The van der Waals surface area contributed by atoms with Crippen molar-refractivity contribution in [1.82, 2.24) is 15.5 Å². The maximum atomic E-state index is 13.3. The second-order valence-electron chi connectivity index (χ2n) is 7.69. The Morgan fingerprint density at radius 2 is 1.72 bits per heavy atom. The van der Waals surface area contributed by atoms with E-state index in [1.165, 1.54) is 25.6 Å². The van der Waals surface area contributed by atoms with E-state index in [4.69, 9.17) is 21.1 Å². The van der Waals surface area contributed by atoms with Crippen LogP contribution in [0.5, 0.6) is 11.5 Å². The number of hydrogen-bond acceptors (Lipinski definition) is 7. The van der Waals surface area contributed by atoms with Gasteiger partial charge < -0.3 is 14.8 Å². The van der Waals surface area contributed by atoms with Crippen molar-refractivity contribution in [1.29, 1.82) is 0 Å². The summed E-state index contributed by atoms with van der Waals surface area (Å²) in [5.74, 6) is 0.0142. The zero-order chi connectivity index (χ0) is 25.5. The molecular formula is C26H23ClN4O4S. The molecule has 4 aromatic rings. The van der Waals surface area contributed by atoms with Crippen LogP contribution in [0.4, 0.5) is 5.13 Å². The first-order chi connectivity index (χ1) is 17.5. The van der Waals surface area contributed by atoms with E-state index >= 15 is 0 Å². The molecule has 0 fully saturated rings. The van der Waals surface area contributed by atoms with Crippen LogP contribution in [0.1, 0.15) is 15.9 Å². The summed E-state index contributed by atoms with van der Waals surface area (Å²) in [4.78, 5) is 26.4. The lowest BCUT2D eigenvalue weighted by atomic mass is 10.0.